The van der Waals surface area contributed by atoms with Crippen molar-refractivity contribution in [1.29, 1.82) is 0 Å². The van der Waals surface area contributed by atoms with Crippen molar-refractivity contribution in [3.8, 4) is 35.2 Å². The van der Waals surface area contributed by atoms with Gasteiger partial charge in [0.05, 0.1) is 22.4 Å². The number of terminal acetylenes is 1. The number of piperazine rings is 1. The lowest BCUT2D eigenvalue weighted by molar-refractivity contribution is -0.151. The first-order valence-corrected chi connectivity index (χ1v) is 19.2. The molecule has 2 aromatic heterocycles. The van der Waals surface area contributed by atoms with E-state index in [9.17, 15) is 22.7 Å². The Morgan fingerprint density at radius 2 is 1.84 bits per heavy atom. The van der Waals surface area contributed by atoms with Crippen molar-refractivity contribution >= 4 is 38.4 Å². The molecule has 5 fully saturated rings. The predicted molar refractivity (Wildman–Crippen MR) is 198 cm³/mol. The first kappa shape index (κ1) is 35.6. The summed E-state index contributed by atoms with van der Waals surface area (Å²) in [5, 5.41) is 17.1. The van der Waals surface area contributed by atoms with Gasteiger partial charge in [-0.05, 0) is 73.7 Å². The lowest BCUT2D eigenvalue weighted by Crippen LogP contribution is -2.54. The Balaban J connectivity index is 1.14. The lowest BCUT2D eigenvalue weighted by Gasteiger charge is -2.42. The van der Waals surface area contributed by atoms with Gasteiger partial charge in [-0.15, -0.1) is 6.42 Å². The van der Waals surface area contributed by atoms with Crippen LogP contribution in [0.5, 0.6) is 11.8 Å². The second-order valence-corrected chi connectivity index (χ2v) is 16.5. The number of hydrogen-bond donors (Lipinski definition) is 1. The molecule has 15 heteroatoms. The van der Waals surface area contributed by atoms with E-state index >= 15 is 8.78 Å². The molecule has 6 heterocycles. The third kappa shape index (κ3) is 5.57. The van der Waals surface area contributed by atoms with Crippen LogP contribution in [0, 0.1) is 35.8 Å². The van der Waals surface area contributed by atoms with Gasteiger partial charge < -0.3 is 14.7 Å². The molecule has 0 spiro atoms. The molecule has 3 aromatic carbocycles. The minimum Gasteiger partial charge on any atom is -0.508 e. The number of alkyl halides is 4. The highest BCUT2D eigenvalue weighted by atomic mass is 19.4. The molecule has 9 nitrogen and oxygen atoms in total. The average molecular weight is 776 g/mol. The number of ether oxygens (including phenoxy) is 1. The number of halogens is 6. The summed E-state index contributed by atoms with van der Waals surface area (Å²) in [7, 11) is 1.69. The highest BCUT2D eigenvalue weighted by Crippen LogP contribution is 2.52. The van der Waals surface area contributed by atoms with Crippen LogP contribution in [-0.4, -0.2) is 104 Å². The number of aromatic nitrogens is 4. The third-order valence-corrected chi connectivity index (χ3v) is 13.0. The van der Waals surface area contributed by atoms with Crippen molar-refractivity contribution in [3.63, 3.8) is 0 Å². The van der Waals surface area contributed by atoms with Crippen LogP contribution in [-0.2, 0) is 7.05 Å². The zero-order valence-corrected chi connectivity index (χ0v) is 30.6. The molecule has 0 radical (unpaired) electrons. The van der Waals surface area contributed by atoms with E-state index in [4.69, 9.17) is 26.2 Å². The number of hydrogen-bond acceptors (Lipinski definition) is 8. The molecule has 1 aliphatic carbocycles. The normalized spacial score (nSPS) is 27.8. The number of likely N-dealkylation sites (tertiary alicyclic amines) is 1. The second kappa shape index (κ2) is 12.6. The topological polar surface area (TPSA) is 82.8 Å². The number of benzene rings is 3. The Kier molecular flexibility index (Phi) is 8.01. The number of phenolic OH excluding ortho intramolecular Hbond substituents is 1. The van der Waals surface area contributed by atoms with Gasteiger partial charge in [0, 0.05) is 74.3 Å². The summed E-state index contributed by atoms with van der Waals surface area (Å²) in [6.07, 6.45) is 5.97. The molecule has 4 saturated heterocycles. The fraction of sp³-hybridized carbons (Fsp3) is 0.488. The Hall–Kier alpha value is -4.81. The first-order valence-electron chi connectivity index (χ1n) is 19.2. The van der Waals surface area contributed by atoms with E-state index in [1.54, 1.807) is 13.2 Å². The SMILES string of the molecule is C#Cc1c(F)ccc2cc(O)cc(-c3c(F)c4nc(OC[C@@]56CCCN5C[C@H](F)C6)nc(N5[C@@H]6CC[C@H]5CN(C[C@@H]5C[C@H]5C(F)(F)F)C6)c4c4cn(C)nc34)c12. The summed E-state index contributed by atoms with van der Waals surface area (Å²) < 4.78 is 96.0. The van der Waals surface area contributed by atoms with E-state index < -0.39 is 41.4 Å². The summed E-state index contributed by atoms with van der Waals surface area (Å²) in [6.45, 7) is 2.57. The molecule has 5 aliphatic rings. The summed E-state index contributed by atoms with van der Waals surface area (Å²) in [5.74, 6) is -0.539. The summed E-state index contributed by atoms with van der Waals surface area (Å²) in [6, 6.07) is 5.09. The largest absolute Gasteiger partial charge is 0.508 e. The van der Waals surface area contributed by atoms with E-state index in [2.05, 4.69) is 20.6 Å². The number of aryl methyl sites for hydroxylation is 1. The maximum Gasteiger partial charge on any atom is 0.392 e. The number of anilines is 1. The molecular formula is C41H39F6N7O2. The molecule has 0 unspecified atom stereocenters. The molecule has 10 rings (SSSR count). The fourth-order valence-corrected chi connectivity index (χ4v) is 10.5. The van der Waals surface area contributed by atoms with Crippen LogP contribution in [0.15, 0.2) is 30.5 Å². The number of nitrogens with zero attached hydrogens (tertiary/aromatic N) is 7. The second-order valence-electron chi connectivity index (χ2n) is 16.5. The van der Waals surface area contributed by atoms with Gasteiger partial charge in [-0.3, -0.25) is 14.5 Å². The lowest BCUT2D eigenvalue weighted by atomic mass is 9.91. The summed E-state index contributed by atoms with van der Waals surface area (Å²) in [4.78, 5) is 16.1. The van der Waals surface area contributed by atoms with Crippen LogP contribution in [0.25, 0.3) is 43.7 Å². The van der Waals surface area contributed by atoms with Crippen LogP contribution in [0.4, 0.5) is 32.2 Å². The molecule has 4 aliphatic heterocycles. The monoisotopic (exact) mass is 775 g/mol. The van der Waals surface area contributed by atoms with Crippen molar-refractivity contribution in [2.75, 3.05) is 44.2 Å². The highest BCUT2D eigenvalue weighted by molar-refractivity contribution is 6.18. The van der Waals surface area contributed by atoms with Gasteiger partial charge in [0.15, 0.2) is 5.82 Å². The van der Waals surface area contributed by atoms with Crippen LogP contribution in [0.1, 0.15) is 44.1 Å². The average Bonchev–Trinajstić information content (AvgIpc) is 3.34. The van der Waals surface area contributed by atoms with Gasteiger partial charge in [-0.25, -0.2) is 13.2 Å². The van der Waals surface area contributed by atoms with Crippen LogP contribution < -0.4 is 9.64 Å². The fourth-order valence-electron chi connectivity index (χ4n) is 10.5. The van der Waals surface area contributed by atoms with Crippen LogP contribution in [0.2, 0.25) is 0 Å². The van der Waals surface area contributed by atoms with Crippen molar-refractivity contribution < 1.29 is 36.2 Å². The van der Waals surface area contributed by atoms with Gasteiger partial charge in [-0.2, -0.15) is 28.2 Å². The Morgan fingerprint density at radius 3 is 2.57 bits per heavy atom. The Morgan fingerprint density at radius 1 is 1.05 bits per heavy atom. The molecule has 2 bridgehead atoms. The van der Waals surface area contributed by atoms with Crippen LogP contribution in [0.3, 0.4) is 0 Å². The van der Waals surface area contributed by atoms with Crippen molar-refractivity contribution in [1.82, 2.24) is 29.5 Å². The van der Waals surface area contributed by atoms with Crippen LogP contribution >= 0.6 is 0 Å². The number of rotatable bonds is 7. The van der Waals surface area contributed by atoms with Crippen molar-refractivity contribution in [2.24, 2.45) is 18.9 Å². The number of fused-ring (bicyclic) bond motifs is 7. The van der Waals surface area contributed by atoms with E-state index in [1.807, 2.05) is 0 Å². The number of aromatic hydroxyl groups is 1. The zero-order chi connectivity index (χ0) is 38.8. The predicted octanol–water partition coefficient (Wildman–Crippen LogP) is 7.11. The zero-order valence-electron chi connectivity index (χ0n) is 30.6. The van der Waals surface area contributed by atoms with Gasteiger partial charge in [-0.1, -0.05) is 12.0 Å². The third-order valence-electron chi connectivity index (χ3n) is 13.0. The van der Waals surface area contributed by atoms with Gasteiger partial charge >= 0.3 is 12.2 Å². The van der Waals surface area contributed by atoms with E-state index in [0.29, 0.717) is 54.6 Å². The van der Waals surface area contributed by atoms with Gasteiger partial charge in [0.25, 0.3) is 0 Å². The maximum absolute atomic E-state index is 17.8. The molecule has 0 amide bonds. The highest BCUT2D eigenvalue weighted by Gasteiger charge is 2.56. The van der Waals surface area contributed by atoms with Crippen molar-refractivity contribution in [2.45, 2.75) is 68.5 Å². The molecule has 6 atom stereocenters. The Labute approximate surface area is 318 Å². The maximum atomic E-state index is 17.8. The Bertz CT molecular complexity index is 2470. The first-order chi connectivity index (χ1) is 26.8. The molecule has 56 heavy (non-hydrogen) atoms. The number of phenols is 1. The smallest absolute Gasteiger partial charge is 0.392 e. The van der Waals surface area contributed by atoms with Gasteiger partial charge in [0.2, 0.25) is 0 Å². The van der Waals surface area contributed by atoms with E-state index in [0.717, 1.165) is 32.2 Å². The standard InChI is InChI=1S/C41H39F6N7O2/c1-3-27-31(43)8-5-21-11-26(55)13-28(32(21)27)33-35(44)37-34(29-19-51(2)50-36(29)33)38(49-39(48-37)56-20-40-9-4-10-53(40)16-23(42)14-40)54-24-6-7-25(54)18-52(17-24)15-22-12-30(22)41(45,46)47/h1,5,8,11,13,19,22-25,30,55H,4,6-7,9-10,12,14-18,20H2,2H3/t22-,23+,24-,25+,30+,40-/m0/s1. The quantitative estimate of drug-likeness (QED) is 0.139. The molecule has 1 N–H and O–H groups in total. The summed E-state index contributed by atoms with van der Waals surface area (Å²) in [5.41, 5.74) is -0.414. The minimum atomic E-state index is -4.19. The minimum absolute atomic E-state index is 0.0419. The summed E-state index contributed by atoms with van der Waals surface area (Å²) >= 11 is 0. The van der Waals surface area contributed by atoms with Crippen molar-refractivity contribution in [3.05, 3.63) is 47.7 Å². The molecular weight excluding hydrogens is 736 g/mol. The van der Waals surface area contributed by atoms with E-state index in [1.165, 1.54) is 28.9 Å². The van der Waals surface area contributed by atoms with Gasteiger partial charge in [0.1, 0.15) is 41.2 Å². The molecule has 1 saturated carbocycles. The van der Waals surface area contributed by atoms with E-state index in [-0.39, 0.29) is 70.0 Å². The molecule has 5 aromatic rings. The molecule has 292 valence electrons.